The molecule has 0 unspecified atom stereocenters. The summed E-state index contributed by atoms with van der Waals surface area (Å²) in [6.45, 7) is 1.15. The lowest BCUT2D eigenvalue weighted by molar-refractivity contribution is 0.0966. The second-order valence-corrected chi connectivity index (χ2v) is 9.75. The van der Waals surface area contributed by atoms with Crippen LogP contribution in [0.3, 0.4) is 0 Å². The van der Waals surface area contributed by atoms with Crippen LogP contribution in [0.15, 0.2) is 48.5 Å². The minimum atomic E-state index is -0.614. The van der Waals surface area contributed by atoms with Crippen LogP contribution in [0.25, 0.3) is 5.69 Å². The topological polar surface area (TPSA) is 116 Å². The van der Waals surface area contributed by atoms with Crippen LogP contribution in [0.1, 0.15) is 57.8 Å². The van der Waals surface area contributed by atoms with Gasteiger partial charge in [-0.1, -0.05) is 12.1 Å². The standard InChI is InChI=1S/C26H27N5O3/c1-34-19-8-6-18(7-9-19)31-22-20(21(29-31)23(28)32)26(12-13-26)15-30(24(22)33)17-4-2-16(3-5-17)25(14-27)10-11-25/h2-9H,10-15,27H2,1H3,(H2,28,32). The van der Waals surface area contributed by atoms with Crippen LogP contribution in [-0.4, -0.2) is 41.8 Å². The number of nitrogens with zero attached hydrogens (tertiary/aromatic N) is 3. The van der Waals surface area contributed by atoms with Gasteiger partial charge in [0.15, 0.2) is 5.69 Å². The van der Waals surface area contributed by atoms with Crippen LogP contribution in [0, 0.1) is 0 Å². The monoisotopic (exact) mass is 457 g/mol. The molecule has 2 amide bonds. The van der Waals surface area contributed by atoms with Gasteiger partial charge >= 0.3 is 0 Å². The van der Waals surface area contributed by atoms with Crippen molar-refractivity contribution in [2.45, 2.75) is 36.5 Å². The number of ether oxygens (including phenoxy) is 1. The lowest BCUT2D eigenvalue weighted by Gasteiger charge is -2.33. The van der Waals surface area contributed by atoms with Crippen molar-refractivity contribution in [3.05, 3.63) is 71.0 Å². The van der Waals surface area contributed by atoms with E-state index >= 15 is 0 Å². The number of carbonyl (C=O) groups is 2. The van der Waals surface area contributed by atoms with Crippen molar-refractivity contribution < 1.29 is 14.3 Å². The van der Waals surface area contributed by atoms with Crippen molar-refractivity contribution in [2.75, 3.05) is 25.1 Å². The summed E-state index contributed by atoms with van der Waals surface area (Å²) >= 11 is 0. The van der Waals surface area contributed by atoms with Crippen molar-refractivity contribution in [3.63, 3.8) is 0 Å². The summed E-state index contributed by atoms with van der Waals surface area (Å²) < 4.78 is 6.82. The molecule has 8 nitrogen and oxygen atoms in total. The molecule has 2 heterocycles. The Kier molecular flexibility index (Phi) is 4.41. The maximum absolute atomic E-state index is 13.9. The van der Waals surface area contributed by atoms with Gasteiger partial charge in [-0.25, -0.2) is 4.68 Å². The summed E-state index contributed by atoms with van der Waals surface area (Å²) in [5, 5.41) is 4.54. The van der Waals surface area contributed by atoms with Gasteiger partial charge in [0.05, 0.1) is 12.8 Å². The minimum Gasteiger partial charge on any atom is -0.497 e. The van der Waals surface area contributed by atoms with Crippen molar-refractivity contribution in [1.29, 1.82) is 0 Å². The first-order valence-electron chi connectivity index (χ1n) is 11.6. The zero-order valence-electron chi connectivity index (χ0n) is 19.1. The fourth-order valence-corrected chi connectivity index (χ4v) is 5.31. The van der Waals surface area contributed by atoms with Crippen molar-refractivity contribution >= 4 is 17.5 Å². The van der Waals surface area contributed by atoms with E-state index in [1.807, 2.05) is 29.2 Å². The molecule has 1 spiro atoms. The van der Waals surface area contributed by atoms with E-state index in [9.17, 15) is 9.59 Å². The third-order valence-corrected chi connectivity index (χ3v) is 7.76. The first-order chi connectivity index (χ1) is 16.4. The molecule has 0 bridgehead atoms. The van der Waals surface area contributed by atoms with E-state index in [4.69, 9.17) is 16.2 Å². The zero-order chi connectivity index (χ0) is 23.7. The van der Waals surface area contributed by atoms with Gasteiger partial charge in [0.2, 0.25) is 0 Å². The van der Waals surface area contributed by atoms with E-state index in [0.717, 1.165) is 31.4 Å². The third-order valence-electron chi connectivity index (χ3n) is 7.76. The number of amides is 2. The molecule has 174 valence electrons. The lowest BCUT2D eigenvalue weighted by Crippen LogP contribution is -2.44. The summed E-state index contributed by atoms with van der Waals surface area (Å²) in [6, 6.07) is 15.4. The van der Waals surface area contributed by atoms with Gasteiger partial charge < -0.3 is 21.1 Å². The van der Waals surface area contributed by atoms with Gasteiger partial charge in [-0.15, -0.1) is 0 Å². The van der Waals surface area contributed by atoms with Crippen LogP contribution in [0.2, 0.25) is 0 Å². The van der Waals surface area contributed by atoms with Crippen LogP contribution < -0.4 is 21.1 Å². The lowest BCUT2D eigenvalue weighted by atomic mass is 9.87. The van der Waals surface area contributed by atoms with Crippen LogP contribution in [-0.2, 0) is 10.8 Å². The molecule has 0 atom stereocenters. The van der Waals surface area contributed by atoms with Crippen LogP contribution >= 0.6 is 0 Å². The van der Waals surface area contributed by atoms with Crippen LogP contribution in [0.5, 0.6) is 5.75 Å². The summed E-state index contributed by atoms with van der Waals surface area (Å²) in [7, 11) is 1.60. The molecule has 6 rings (SSSR count). The Hall–Kier alpha value is -3.65. The predicted molar refractivity (Wildman–Crippen MR) is 128 cm³/mol. The molecule has 34 heavy (non-hydrogen) atoms. The average molecular weight is 458 g/mol. The predicted octanol–water partition coefficient (Wildman–Crippen LogP) is 2.66. The van der Waals surface area contributed by atoms with Gasteiger partial charge in [0.25, 0.3) is 11.8 Å². The molecule has 3 aromatic rings. The van der Waals surface area contributed by atoms with E-state index in [2.05, 4.69) is 17.2 Å². The minimum absolute atomic E-state index is 0.0959. The molecule has 8 heteroatoms. The van der Waals surface area contributed by atoms with Gasteiger partial charge in [0, 0.05) is 35.2 Å². The second-order valence-electron chi connectivity index (χ2n) is 9.75. The van der Waals surface area contributed by atoms with E-state index in [-0.39, 0.29) is 22.4 Å². The average Bonchev–Trinajstić information content (AvgIpc) is 3.78. The molecule has 4 N–H and O–H groups in total. The highest BCUT2D eigenvalue weighted by molar-refractivity contribution is 6.10. The Labute approximate surface area is 197 Å². The SMILES string of the molecule is COc1ccc(-n2nc(C(N)=O)c3c2C(=O)N(c2ccc(C4(CN)CC4)cc2)CC32CC2)cc1. The summed E-state index contributed by atoms with van der Waals surface area (Å²) in [6.07, 6.45) is 3.98. The molecule has 0 radical (unpaired) electrons. The number of aromatic nitrogens is 2. The highest BCUT2D eigenvalue weighted by atomic mass is 16.5. The second kappa shape index (κ2) is 7.17. The van der Waals surface area contributed by atoms with Gasteiger partial charge in [0.1, 0.15) is 11.4 Å². The number of primary amides is 1. The molecule has 2 aliphatic carbocycles. The third kappa shape index (κ3) is 2.98. The molecule has 1 aliphatic heterocycles. The van der Waals surface area contributed by atoms with Gasteiger partial charge in [-0.05, 0) is 67.6 Å². The summed E-state index contributed by atoms with van der Waals surface area (Å²) in [5.41, 5.74) is 15.5. The smallest absolute Gasteiger partial charge is 0.277 e. The quantitative estimate of drug-likeness (QED) is 0.590. The largest absolute Gasteiger partial charge is 0.497 e. The molecule has 2 fully saturated rings. The highest BCUT2D eigenvalue weighted by Gasteiger charge is 2.56. The fraction of sp³-hybridized carbons (Fsp3) is 0.346. The Morgan fingerprint density at radius 2 is 1.68 bits per heavy atom. The van der Waals surface area contributed by atoms with E-state index in [0.29, 0.717) is 35.8 Å². The molecule has 0 saturated heterocycles. The number of benzene rings is 2. The Morgan fingerprint density at radius 3 is 2.21 bits per heavy atom. The number of fused-ring (bicyclic) bond motifs is 2. The number of hydrogen-bond acceptors (Lipinski definition) is 5. The molecular formula is C26H27N5O3. The first-order valence-corrected chi connectivity index (χ1v) is 11.6. The number of nitrogens with two attached hydrogens (primary N) is 2. The molecular weight excluding hydrogens is 430 g/mol. The summed E-state index contributed by atoms with van der Waals surface area (Å²) in [4.78, 5) is 28.1. The Balaban J connectivity index is 1.45. The Morgan fingerprint density at radius 1 is 1.03 bits per heavy atom. The molecule has 2 aromatic carbocycles. The number of methoxy groups -OCH3 is 1. The maximum Gasteiger partial charge on any atom is 0.277 e. The van der Waals surface area contributed by atoms with Gasteiger partial charge in [-0.3, -0.25) is 9.59 Å². The number of anilines is 1. The number of hydrogen-bond donors (Lipinski definition) is 2. The van der Waals surface area contributed by atoms with Gasteiger partial charge in [-0.2, -0.15) is 5.10 Å². The summed E-state index contributed by atoms with van der Waals surface area (Å²) in [5.74, 6) is -0.106. The maximum atomic E-state index is 13.9. The molecule has 3 aliphatic rings. The van der Waals surface area contributed by atoms with E-state index < -0.39 is 5.91 Å². The number of rotatable bonds is 6. The van der Waals surface area contributed by atoms with E-state index in [1.54, 1.807) is 23.9 Å². The van der Waals surface area contributed by atoms with Crippen molar-refractivity contribution in [2.24, 2.45) is 11.5 Å². The molecule has 1 aromatic heterocycles. The van der Waals surface area contributed by atoms with E-state index in [1.165, 1.54) is 5.56 Å². The first kappa shape index (κ1) is 20.9. The normalized spacial score (nSPS) is 19.1. The fourth-order valence-electron chi connectivity index (χ4n) is 5.31. The molecule has 2 saturated carbocycles. The Bertz CT molecular complexity index is 1300. The van der Waals surface area contributed by atoms with Crippen molar-refractivity contribution in [1.82, 2.24) is 9.78 Å². The van der Waals surface area contributed by atoms with Crippen LogP contribution in [0.4, 0.5) is 5.69 Å². The van der Waals surface area contributed by atoms with Crippen molar-refractivity contribution in [3.8, 4) is 11.4 Å². The highest BCUT2D eigenvalue weighted by Crippen LogP contribution is 2.54. The number of carbonyl (C=O) groups excluding carboxylic acids is 2. The zero-order valence-corrected chi connectivity index (χ0v) is 19.1.